The summed E-state index contributed by atoms with van der Waals surface area (Å²) in [5.41, 5.74) is 3.29. The van der Waals surface area contributed by atoms with E-state index in [4.69, 9.17) is 10.0 Å². The van der Waals surface area contributed by atoms with E-state index in [-0.39, 0.29) is 6.10 Å². The molecule has 17 heavy (non-hydrogen) atoms. The summed E-state index contributed by atoms with van der Waals surface area (Å²) in [6.45, 7) is 12.4. The molecule has 4 heteroatoms. The molecular weight excluding hydrogens is 216 g/mol. The van der Waals surface area contributed by atoms with Gasteiger partial charge >= 0.3 is 0 Å². The summed E-state index contributed by atoms with van der Waals surface area (Å²) in [4.78, 5) is 5.60. The monoisotopic (exact) mass is 244 g/mol. The first-order chi connectivity index (χ1) is 7.83. The van der Waals surface area contributed by atoms with Gasteiger partial charge in [0.25, 0.3) is 0 Å². The van der Waals surface area contributed by atoms with Crippen molar-refractivity contribution >= 4 is 5.71 Å². The fraction of sp³-hybridized carbons (Fsp3) is 0.923. The molecule has 0 aliphatic heterocycles. The summed E-state index contributed by atoms with van der Waals surface area (Å²) in [7, 11) is 0. The maximum Gasteiger partial charge on any atom is 0.0789 e. The summed E-state index contributed by atoms with van der Waals surface area (Å²) in [6, 6.07) is 0. The molecule has 2 N–H and O–H groups in total. The van der Waals surface area contributed by atoms with E-state index >= 15 is 0 Å². The van der Waals surface area contributed by atoms with Crippen LogP contribution in [0, 0.1) is 5.92 Å². The van der Waals surface area contributed by atoms with Gasteiger partial charge in [0.2, 0.25) is 0 Å². The van der Waals surface area contributed by atoms with Crippen LogP contribution in [0.1, 0.15) is 60.8 Å². The lowest BCUT2D eigenvalue weighted by atomic mass is 9.96. The maximum atomic E-state index is 9.00. The van der Waals surface area contributed by atoms with Crippen LogP contribution in [-0.2, 0) is 4.84 Å². The van der Waals surface area contributed by atoms with Crippen molar-refractivity contribution in [1.82, 2.24) is 5.48 Å². The molecule has 0 radical (unpaired) electrons. The SMILES string of the molecule is CCC/C(=N\O)C(C)(C)NOC(C)CC(C)C. The Bertz CT molecular complexity index is 238. The standard InChI is InChI=1S/C13H28N2O2/c1-7-8-12(14-16)13(5,6)15-17-11(4)9-10(2)3/h10-11,15-16H,7-9H2,1-6H3/b14-12+. The molecule has 0 aromatic rings. The van der Waals surface area contributed by atoms with Crippen molar-refractivity contribution in [3.05, 3.63) is 0 Å². The van der Waals surface area contributed by atoms with Crippen molar-refractivity contribution in [3.63, 3.8) is 0 Å². The van der Waals surface area contributed by atoms with Crippen LogP contribution in [0.2, 0.25) is 0 Å². The van der Waals surface area contributed by atoms with E-state index in [2.05, 4.69) is 31.4 Å². The summed E-state index contributed by atoms with van der Waals surface area (Å²) in [5, 5.41) is 12.4. The van der Waals surface area contributed by atoms with Crippen LogP contribution in [0.25, 0.3) is 0 Å². The van der Waals surface area contributed by atoms with Gasteiger partial charge in [0.05, 0.1) is 17.4 Å². The molecule has 4 nitrogen and oxygen atoms in total. The van der Waals surface area contributed by atoms with Crippen molar-refractivity contribution in [3.8, 4) is 0 Å². The topological polar surface area (TPSA) is 53.9 Å². The second kappa shape index (κ2) is 7.67. The third-order valence-corrected chi connectivity index (χ3v) is 2.65. The first kappa shape index (κ1) is 16.4. The molecule has 0 amide bonds. The van der Waals surface area contributed by atoms with Gasteiger partial charge < -0.3 is 5.21 Å². The summed E-state index contributed by atoms with van der Waals surface area (Å²) < 4.78 is 0. The Morgan fingerprint density at radius 1 is 1.35 bits per heavy atom. The van der Waals surface area contributed by atoms with Gasteiger partial charge in [-0.2, -0.15) is 5.48 Å². The molecule has 0 heterocycles. The molecule has 0 saturated heterocycles. The Morgan fingerprint density at radius 3 is 2.35 bits per heavy atom. The molecule has 0 aromatic heterocycles. The molecule has 0 rings (SSSR count). The molecular formula is C13H28N2O2. The largest absolute Gasteiger partial charge is 0.411 e. The van der Waals surface area contributed by atoms with Crippen LogP contribution in [0.3, 0.4) is 0 Å². The van der Waals surface area contributed by atoms with Crippen LogP contribution in [0.4, 0.5) is 0 Å². The summed E-state index contributed by atoms with van der Waals surface area (Å²) in [5.74, 6) is 0.608. The zero-order valence-corrected chi connectivity index (χ0v) is 12.1. The van der Waals surface area contributed by atoms with Crippen LogP contribution < -0.4 is 5.48 Å². The minimum Gasteiger partial charge on any atom is -0.411 e. The van der Waals surface area contributed by atoms with Gasteiger partial charge in [0, 0.05) is 0 Å². The minimum atomic E-state index is -0.435. The fourth-order valence-corrected chi connectivity index (χ4v) is 1.74. The number of hydrogen-bond acceptors (Lipinski definition) is 4. The van der Waals surface area contributed by atoms with Crippen LogP contribution in [0.5, 0.6) is 0 Å². The van der Waals surface area contributed by atoms with Gasteiger partial charge in [-0.1, -0.05) is 32.3 Å². The Morgan fingerprint density at radius 2 is 1.94 bits per heavy atom. The molecule has 102 valence electrons. The number of hydrogen-bond donors (Lipinski definition) is 2. The highest BCUT2D eigenvalue weighted by Gasteiger charge is 2.26. The van der Waals surface area contributed by atoms with Gasteiger partial charge in [-0.15, -0.1) is 0 Å². The van der Waals surface area contributed by atoms with E-state index in [1.54, 1.807) is 0 Å². The molecule has 0 saturated carbocycles. The predicted octanol–water partition coefficient (Wildman–Crippen LogP) is 3.35. The third-order valence-electron chi connectivity index (χ3n) is 2.65. The van der Waals surface area contributed by atoms with Crippen molar-refractivity contribution in [2.75, 3.05) is 0 Å². The quantitative estimate of drug-likeness (QED) is 0.391. The Kier molecular flexibility index (Phi) is 7.39. The van der Waals surface area contributed by atoms with Crippen LogP contribution in [0.15, 0.2) is 5.16 Å². The molecule has 0 aromatic carbocycles. The second-order valence-electron chi connectivity index (χ2n) is 5.58. The predicted molar refractivity (Wildman–Crippen MR) is 71.3 cm³/mol. The minimum absolute atomic E-state index is 0.149. The van der Waals surface area contributed by atoms with Gasteiger partial charge in [-0.25, -0.2) is 0 Å². The molecule has 1 unspecified atom stereocenters. The van der Waals surface area contributed by atoms with E-state index in [0.717, 1.165) is 25.0 Å². The highest BCUT2D eigenvalue weighted by molar-refractivity contribution is 5.92. The zero-order chi connectivity index (χ0) is 13.5. The van der Waals surface area contributed by atoms with Crippen molar-refractivity contribution in [1.29, 1.82) is 0 Å². The molecule has 1 atom stereocenters. The number of nitrogens with zero attached hydrogens (tertiary/aromatic N) is 1. The lowest BCUT2D eigenvalue weighted by Crippen LogP contribution is -2.48. The molecule has 0 fully saturated rings. The van der Waals surface area contributed by atoms with Gasteiger partial charge in [0.1, 0.15) is 0 Å². The summed E-state index contributed by atoms with van der Waals surface area (Å²) in [6.07, 6.45) is 2.86. The average Bonchev–Trinajstić information content (AvgIpc) is 2.22. The highest BCUT2D eigenvalue weighted by atomic mass is 16.7. The third kappa shape index (κ3) is 6.64. The van der Waals surface area contributed by atoms with Crippen molar-refractivity contribution in [2.45, 2.75) is 72.4 Å². The van der Waals surface area contributed by atoms with E-state index < -0.39 is 5.54 Å². The molecule has 0 bridgehead atoms. The lowest BCUT2D eigenvalue weighted by Gasteiger charge is -2.28. The van der Waals surface area contributed by atoms with E-state index in [9.17, 15) is 0 Å². The first-order valence-corrected chi connectivity index (χ1v) is 6.47. The Hall–Kier alpha value is -0.610. The lowest BCUT2D eigenvalue weighted by molar-refractivity contribution is -0.0497. The van der Waals surface area contributed by atoms with E-state index in [1.165, 1.54) is 0 Å². The first-order valence-electron chi connectivity index (χ1n) is 6.47. The van der Waals surface area contributed by atoms with Crippen LogP contribution >= 0.6 is 0 Å². The molecule has 0 aliphatic carbocycles. The zero-order valence-electron chi connectivity index (χ0n) is 12.1. The number of rotatable bonds is 8. The normalized spacial score (nSPS) is 15.4. The van der Waals surface area contributed by atoms with Crippen LogP contribution in [-0.4, -0.2) is 22.6 Å². The van der Waals surface area contributed by atoms with Crippen molar-refractivity contribution in [2.24, 2.45) is 11.1 Å². The molecule has 0 aliphatic rings. The number of nitrogens with one attached hydrogen (secondary N) is 1. The highest BCUT2D eigenvalue weighted by Crippen LogP contribution is 2.13. The average molecular weight is 244 g/mol. The maximum absolute atomic E-state index is 9.00. The van der Waals surface area contributed by atoms with Gasteiger partial charge in [-0.3, -0.25) is 4.84 Å². The number of hydroxylamine groups is 1. The van der Waals surface area contributed by atoms with Crippen molar-refractivity contribution < 1.29 is 10.0 Å². The van der Waals surface area contributed by atoms with Gasteiger partial charge in [0.15, 0.2) is 0 Å². The number of oxime groups is 1. The smallest absolute Gasteiger partial charge is 0.0789 e. The fourth-order valence-electron chi connectivity index (χ4n) is 1.74. The van der Waals surface area contributed by atoms with E-state index in [0.29, 0.717) is 5.92 Å². The molecule has 0 spiro atoms. The van der Waals surface area contributed by atoms with E-state index in [1.807, 2.05) is 20.8 Å². The Labute approximate surface area is 105 Å². The summed E-state index contributed by atoms with van der Waals surface area (Å²) >= 11 is 0. The Balaban J connectivity index is 4.24. The second-order valence-corrected chi connectivity index (χ2v) is 5.58. The van der Waals surface area contributed by atoms with Gasteiger partial charge in [-0.05, 0) is 39.5 Å².